The number of anilines is 1. The molecule has 4 rings (SSSR count). The molecule has 7 nitrogen and oxygen atoms in total. The lowest BCUT2D eigenvalue weighted by Gasteiger charge is -2.07. The van der Waals surface area contributed by atoms with E-state index >= 15 is 0 Å². The zero-order chi connectivity index (χ0) is 19.5. The van der Waals surface area contributed by atoms with Crippen LogP contribution in [0.1, 0.15) is 16.4 Å². The van der Waals surface area contributed by atoms with E-state index in [-0.39, 0.29) is 11.6 Å². The summed E-state index contributed by atoms with van der Waals surface area (Å²) < 4.78 is 15.4. The molecule has 0 saturated heterocycles. The number of carbonyl (C=O) groups is 1. The Bertz CT molecular complexity index is 1110. The molecule has 0 fully saturated rings. The van der Waals surface area contributed by atoms with Crippen molar-refractivity contribution in [2.45, 2.75) is 16.2 Å². The van der Waals surface area contributed by atoms with Gasteiger partial charge in [0.15, 0.2) is 4.34 Å². The highest BCUT2D eigenvalue weighted by Crippen LogP contribution is 2.34. The first kappa shape index (κ1) is 18.3. The van der Waals surface area contributed by atoms with Gasteiger partial charge in [-0.2, -0.15) is 0 Å². The van der Waals surface area contributed by atoms with Crippen LogP contribution in [0, 0.1) is 12.7 Å². The minimum absolute atomic E-state index is 0.0255. The van der Waals surface area contributed by atoms with E-state index < -0.39 is 5.91 Å². The molecule has 0 atom stereocenters. The zero-order valence-electron chi connectivity index (χ0n) is 14.5. The maximum Gasteiger partial charge on any atom is 0.295 e. The molecule has 0 unspecified atom stereocenters. The van der Waals surface area contributed by atoms with Gasteiger partial charge in [0.05, 0.1) is 11.4 Å². The van der Waals surface area contributed by atoms with Crippen LogP contribution in [0.25, 0.3) is 5.69 Å². The second-order valence-corrected chi connectivity index (χ2v) is 7.75. The molecule has 4 aromatic rings. The first-order valence-corrected chi connectivity index (χ1v) is 9.84. The van der Waals surface area contributed by atoms with E-state index in [1.54, 1.807) is 30.6 Å². The Morgan fingerprint density at radius 3 is 2.71 bits per heavy atom. The average molecular weight is 412 g/mol. The van der Waals surface area contributed by atoms with Gasteiger partial charge in [-0.3, -0.25) is 4.79 Å². The van der Waals surface area contributed by atoms with Crippen LogP contribution in [0.3, 0.4) is 0 Å². The summed E-state index contributed by atoms with van der Waals surface area (Å²) in [7, 11) is 0. The highest BCUT2D eigenvalue weighted by molar-refractivity contribution is 8.01. The number of hydrogen-bond acceptors (Lipinski definition) is 7. The summed E-state index contributed by atoms with van der Waals surface area (Å²) in [5.74, 6) is -0.232. The van der Waals surface area contributed by atoms with E-state index in [0.29, 0.717) is 17.2 Å². The zero-order valence-corrected chi connectivity index (χ0v) is 16.2. The fraction of sp³-hybridized carbons (Fsp3) is 0.0556. The molecule has 2 aromatic carbocycles. The predicted molar refractivity (Wildman–Crippen MR) is 104 cm³/mol. The molecule has 1 N–H and O–H groups in total. The van der Waals surface area contributed by atoms with E-state index in [1.807, 2.05) is 18.2 Å². The Kier molecular flexibility index (Phi) is 5.13. The maximum absolute atomic E-state index is 13.1. The van der Waals surface area contributed by atoms with E-state index in [9.17, 15) is 9.18 Å². The lowest BCUT2D eigenvalue weighted by atomic mass is 10.3. The number of rotatable bonds is 5. The van der Waals surface area contributed by atoms with Gasteiger partial charge in [-0.05, 0) is 43.3 Å². The summed E-state index contributed by atoms with van der Waals surface area (Å²) in [5.41, 5.74) is 2.90. The van der Waals surface area contributed by atoms with Gasteiger partial charge in [-0.25, -0.2) is 14.1 Å². The van der Waals surface area contributed by atoms with Crippen molar-refractivity contribution in [3.05, 3.63) is 71.5 Å². The van der Waals surface area contributed by atoms with Crippen LogP contribution in [0.2, 0.25) is 0 Å². The van der Waals surface area contributed by atoms with Crippen LogP contribution < -0.4 is 5.32 Å². The van der Waals surface area contributed by atoms with Crippen molar-refractivity contribution < 1.29 is 9.18 Å². The lowest BCUT2D eigenvalue weighted by Crippen LogP contribution is -2.14. The molecule has 0 aliphatic rings. The average Bonchev–Trinajstić information content (AvgIpc) is 3.34. The quantitative estimate of drug-likeness (QED) is 0.534. The van der Waals surface area contributed by atoms with Crippen LogP contribution in [0.4, 0.5) is 10.1 Å². The van der Waals surface area contributed by atoms with Crippen molar-refractivity contribution in [1.82, 2.24) is 25.0 Å². The Balaban J connectivity index is 1.56. The highest BCUT2D eigenvalue weighted by atomic mass is 32.2. The van der Waals surface area contributed by atoms with Crippen molar-refractivity contribution in [2.75, 3.05) is 5.32 Å². The van der Waals surface area contributed by atoms with E-state index in [1.165, 1.54) is 39.9 Å². The maximum atomic E-state index is 13.1. The molecule has 28 heavy (non-hydrogen) atoms. The van der Waals surface area contributed by atoms with E-state index in [4.69, 9.17) is 0 Å². The molecule has 10 heteroatoms. The van der Waals surface area contributed by atoms with Gasteiger partial charge >= 0.3 is 0 Å². The van der Waals surface area contributed by atoms with Crippen LogP contribution >= 0.6 is 23.1 Å². The summed E-state index contributed by atoms with van der Waals surface area (Å²) in [5, 5.41) is 14.9. The van der Waals surface area contributed by atoms with E-state index in [0.717, 1.165) is 9.24 Å². The summed E-state index contributed by atoms with van der Waals surface area (Å²) in [4.78, 5) is 17.7. The third-order valence-electron chi connectivity index (χ3n) is 3.72. The standard InChI is InChI=1S/C18H13FN6OS2/c1-11-21-16(24-25(11)13-8-6-12(19)7-9-13)17(26)22-14-4-2-3-5-15(14)28-18-23-20-10-27-18/h2-10H,1H3,(H,22,26). The number of nitrogens with one attached hydrogen (secondary N) is 1. The summed E-state index contributed by atoms with van der Waals surface area (Å²) in [6.45, 7) is 1.73. The summed E-state index contributed by atoms with van der Waals surface area (Å²) >= 11 is 2.83. The molecule has 1 amide bonds. The first-order valence-electron chi connectivity index (χ1n) is 8.14. The third kappa shape index (κ3) is 3.92. The molecular formula is C18H13FN6OS2. The third-order valence-corrected chi connectivity index (χ3v) is 5.57. The smallest absolute Gasteiger partial charge is 0.295 e. The number of benzene rings is 2. The fourth-order valence-electron chi connectivity index (χ4n) is 2.45. The SMILES string of the molecule is Cc1nc(C(=O)Nc2ccccc2Sc2nncs2)nn1-c1ccc(F)cc1. The fourth-order valence-corrected chi connectivity index (χ4v) is 3.97. The second kappa shape index (κ2) is 7.87. The van der Waals surface area contributed by atoms with Gasteiger partial charge in [0, 0.05) is 4.90 Å². The number of halogens is 1. The van der Waals surface area contributed by atoms with E-state index in [2.05, 4.69) is 25.6 Å². The van der Waals surface area contributed by atoms with Crippen molar-refractivity contribution in [3.63, 3.8) is 0 Å². The number of amides is 1. The van der Waals surface area contributed by atoms with Crippen LogP contribution in [-0.4, -0.2) is 30.9 Å². The Hall–Kier alpha value is -3.11. The van der Waals surface area contributed by atoms with Crippen LogP contribution in [0.15, 0.2) is 63.3 Å². The van der Waals surface area contributed by atoms with Crippen molar-refractivity contribution in [1.29, 1.82) is 0 Å². The lowest BCUT2D eigenvalue weighted by molar-refractivity contribution is 0.101. The van der Waals surface area contributed by atoms with Gasteiger partial charge in [-0.15, -0.1) is 15.3 Å². The molecule has 0 bridgehead atoms. The monoisotopic (exact) mass is 412 g/mol. The molecule has 0 aliphatic heterocycles. The molecule has 0 spiro atoms. The Morgan fingerprint density at radius 2 is 1.96 bits per heavy atom. The number of para-hydroxylation sites is 1. The minimum Gasteiger partial charge on any atom is -0.318 e. The molecular weight excluding hydrogens is 399 g/mol. The molecule has 0 radical (unpaired) electrons. The van der Waals surface area contributed by atoms with Gasteiger partial charge in [-0.1, -0.05) is 35.2 Å². The van der Waals surface area contributed by atoms with Crippen LogP contribution in [0.5, 0.6) is 0 Å². The number of aromatic nitrogens is 5. The number of hydrogen-bond donors (Lipinski definition) is 1. The molecule has 0 saturated carbocycles. The molecule has 2 aromatic heterocycles. The van der Waals surface area contributed by atoms with Crippen molar-refractivity contribution >= 4 is 34.7 Å². The predicted octanol–water partition coefficient (Wildman–Crippen LogP) is 3.97. The van der Waals surface area contributed by atoms with Gasteiger partial charge in [0.2, 0.25) is 5.82 Å². The van der Waals surface area contributed by atoms with Crippen molar-refractivity contribution in [2.24, 2.45) is 0 Å². The van der Waals surface area contributed by atoms with Crippen LogP contribution in [-0.2, 0) is 0 Å². The second-order valence-electron chi connectivity index (χ2n) is 5.63. The molecule has 140 valence electrons. The molecule has 2 heterocycles. The summed E-state index contributed by atoms with van der Waals surface area (Å²) in [6, 6.07) is 13.2. The minimum atomic E-state index is -0.436. The highest BCUT2D eigenvalue weighted by Gasteiger charge is 2.17. The summed E-state index contributed by atoms with van der Waals surface area (Å²) in [6.07, 6.45) is 0. The van der Waals surface area contributed by atoms with Gasteiger partial charge in [0.25, 0.3) is 5.91 Å². The first-order chi connectivity index (χ1) is 13.6. The largest absolute Gasteiger partial charge is 0.318 e. The normalized spacial score (nSPS) is 10.8. The Morgan fingerprint density at radius 1 is 1.18 bits per heavy atom. The number of carbonyl (C=O) groups excluding carboxylic acids is 1. The van der Waals surface area contributed by atoms with Gasteiger partial charge in [0.1, 0.15) is 17.2 Å². The topological polar surface area (TPSA) is 85.6 Å². The van der Waals surface area contributed by atoms with Gasteiger partial charge < -0.3 is 5.32 Å². The Labute approximate surface area is 167 Å². The molecule has 0 aliphatic carbocycles. The number of aryl methyl sites for hydroxylation is 1. The van der Waals surface area contributed by atoms with Crippen molar-refractivity contribution in [3.8, 4) is 5.69 Å². The number of nitrogens with zero attached hydrogens (tertiary/aromatic N) is 5.